The smallest absolute Gasteiger partial charge is 0.243 e. The predicted molar refractivity (Wildman–Crippen MR) is 96.0 cm³/mol. The molecule has 0 spiro atoms. The highest BCUT2D eigenvalue weighted by Gasteiger charge is 2.33. The Kier molecular flexibility index (Phi) is 4.74. The van der Waals surface area contributed by atoms with Gasteiger partial charge in [0.25, 0.3) is 0 Å². The molecule has 0 N–H and O–H groups in total. The Morgan fingerprint density at radius 2 is 1.85 bits per heavy atom. The van der Waals surface area contributed by atoms with Crippen molar-refractivity contribution >= 4 is 10.0 Å². The summed E-state index contributed by atoms with van der Waals surface area (Å²) in [5, 5.41) is 0. The van der Waals surface area contributed by atoms with E-state index in [0.29, 0.717) is 36.0 Å². The summed E-state index contributed by atoms with van der Waals surface area (Å²) in [6.45, 7) is 6.60. The number of hydrogen-bond donors (Lipinski definition) is 0. The van der Waals surface area contributed by atoms with Crippen molar-refractivity contribution in [3.05, 3.63) is 35.5 Å². The minimum Gasteiger partial charge on any atom is -0.493 e. The lowest BCUT2D eigenvalue weighted by Gasteiger charge is -2.25. The Morgan fingerprint density at radius 1 is 1.15 bits per heavy atom. The van der Waals surface area contributed by atoms with Gasteiger partial charge in [-0.05, 0) is 12.1 Å². The molecule has 0 saturated heterocycles. The summed E-state index contributed by atoms with van der Waals surface area (Å²) in [5.41, 5.74) is 0.468. The fourth-order valence-electron chi connectivity index (χ4n) is 2.83. The molecule has 1 aliphatic rings. The van der Waals surface area contributed by atoms with Gasteiger partial charge in [0.15, 0.2) is 17.4 Å². The summed E-state index contributed by atoms with van der Waals surface area (Å²) >= 11 is 0. The first-order valence-corrected chi connectivity index (χ1v) is 9.82. The summed E-state index contributed by atoms with van der Waals surface area (Å²) in [6.07, 6.45) is 0.505. The lowest BCUT2D eigenvalue weighted by molar-refractivity contribution is 0.338. The number of rotatable bonds is 4. The van der Waals surface area contributed by atoms with Gasteiger partial charge >= 0.3 is 0 Å². The third-order valence-corrected chi connectivity index (χ3v) is 6.17. The van der Waals surface area contributed by atoms with Crippen molar-refractivity contribution in [3.63, 3.8) is 0 Å². The molecule has 0 radical (unpaired) electrons. The molecule has 0 amide bonds. The molecule has 0 unspecified atom stereocenters. The van der Waals surface area contributed by atoms with Crippen molar-refractivity contribution in [2.75, 3.05) is 20.8 Å². The SMILES string of the molecule is COc1ccc(S(=O)(=O)N2CCc3oc(C(C)(C)C)nc3C2)cc1OC. The number of benzene rings is 1. The van der Waals surface area contributed by atoms with Crippen LogP contribution in [-0.4, -0.2) is 38.5 Å². The quantitative estimate of drug-likeness (QED) is 0.811. The predicted octanol–water partition coefficient (Wildman–Crippen LogP) is 2.74. The summed E-state index contributed by atoms with van der Waals surface area (Å²) in [6, 6.07) is 4.59. The zero-order valence-corrected chi connectivity index (χ0v) is 16.5. The van der Waals surface area contributed by atoms with Crippen LogP contribution in [0.3, 0.4) is 0 Å². The van der Waals surface area contributed by atoms with Crippen LogP contribution in [-0.2, 0) is 28.4 Å². The zero-order valence-electron chi connectivity index (χ0n) is 15.7. The maximum Gasteiger partial charge on any atom is 0.243 e. The molecule has 0 atom stereocenters. The van der Waals surface area contributed by atoms with E-state index in [0.717, 1.165) is 5.76 Å². The van der Waals surface area contributed by atoms with Gasteiger partial charge < -0.3 is 13.9 Å². The molecule has 1 aromatic carbocycles. The summed E-state index contributed by atoms with van der Waals surface area (Å²) < 4.78 is 43.7. The summed E-state index contributed by atoms with van der Waals surface area (Å²) in [5.74, 6) is 2.27. The number of ether oxygens (including phenoxy) is 2. The van der Waals surface area contributed by atoms with Gasteiger partial charge in [0.05, 0.1) is 31.4 Å². The second kappa shape index (κ2) is 6.59. The normalized spacial score (nSPS) is 15.6. The van der Waals surface area contributed by atoms with E-state index in [2.05, 4.69) is 4.98 Å². The van der Waals surface area contributed by atoms with Crippen molar-refractivity contribution in [1.29, 1.82) is 0 Å². The van der Waals surface area contributed by atoms with E-state index < -0.39 is 10.0 Å². The van der Waals surface area contributed by atoms with E-state index in [1.54, 1.807) is 6.07 Å². The number of methoxy groups -OCH3 is 2. The van der Waals surface area contributed by atoms with Crippen molar-refractivity contribution < 1.29 is 22.3 Å². The fraction of sp³-hybridized carbons (Fsp3) is 0.500. The van der Waals surface area contributed by atoms with Gasteiger partial charge in [0, 0.05) is 24.4 Å². The van der Waals surface area contributed by atoms with Gasteiger partial charge in [-0.1, -0.05) is 20.8 Å². The molecule has 142 valence electrons. The first kappa shape index (κ1) is 18.7. The Hall–Kier alpha value is -2.06. The van der Waals surface area contributed by atoms with E-state index in [-0.39, 0.29) is 16.9 Å². The van der Waals surface area contributed by atoms with Crippen LogP contribution in [0.5, 0.6) is 11.5 Å². The van der Waals surface area contributed by atoms with Gasteiger partial charge in [-0.3, -0.25) is 0 Å². The highest BCUT2D eigenvalue weighted by molar-refractivity contribution is 7.89. The second-order valence-electron chi connectivity index (χ2n) is 7.24. The standard InChI is InChI=1S/C18H24N2O5S/c1-18(2,3)17-19-13-11-20(9-8-14(13)25-17)26(21,22)12-6-7-15(23-4)16(10-12)24-5/h6-7,10H,8-9,11H2,1-5H3. The monoisotopic (exact) mass is 380 g/mol. The van der Waals surface area contributed by atoms with Crippen LogP contribution >= 0.6 is 0 Å². The average molecular weight is 380 g/mol. The topological polar surface area (TPSA) is 81.9 Å². The van der Waals surface area contributed by atoms with Crippen molar-refractivity contribution in [3.8, 4) is 11.5 Å². The number of hydrogen-bond acceptors (Lipinski definition) is 6. The van der Waals surface area contributed by atoms with E-state index in [1.807, 2.05) is 20.8 Å². The molecular formula is C18H24N2O5S. The van der Waals surface area contributed by atoms with Crippen molar-refractivity contribution in [1.82, 2.24) is 9.29 Å². The number of nitrogens with zero attached hydrogens (tertiary/aromatic N) is 2. The molecule has 7 nitrogen and oxygen atoms in total. The number of fused-ring (bicyclic) bond motifs is 1. The lowest BCUT2D eigenvalue weighted by Crippen LogP contribution is -2.35. The minimum absolute atomic E-state index is 0.165. The molecule has 1 aliphatic heterocycles. The number of aromatic nitrogens is 1. The van der Waals surface area contributed by atoms with Crippen LogP contribution in [0, 0.1) is 0 Å². The van der Waals surface area contributed by atoms with E-state index in [1.165, 1.54) is 30.7 Å². The molecule has 0 fully saturated rings. The first-order valence-electron chi connectivity index (χ1n) is 8.38. The lowest BCUT2D eigenvalue weighted by atomic mass is 9.97. The first-order chi connectivity index (χ1) is 12.2. The van der Waals surface area contributed by atoms with Gasteiger partial charge in [0.2, 0.25) is 10.0 Å². The van der Waals surface area contributed by atoms with Gasteiger partial charge in [-0.15, -0.1) is 0 Å². The highest BCUT2D eigenvalue weighted by Crippen LogP contribution is 2.33. The van der Waals surface area contributed by atoms with Crippen molar-refractivity contribution in [2.24, 2.45) is 0 Å². The zero-order chi connectivity index (χ0) is 19.1. The molecule has 3 rings (SSSR count). The highest BCUT2D eigenvalue weighted by atomic mass is 32.2. The fourth-order valence-corrected chi connectivity index (χ4v) is 4.24. The Balaban J connectivity index is 1.91. The second-order valence-corrected chi connectivity index (χ2v) is 9.18. The van der Waals surface area contributed by atoms with Crippen LogP contribution in [0.2, 0.25) is 0 Å². The Bertz CT molecular complexity index is 912. The third kappa shape index (κ3) is 3.31. The van der Waals surface area contributed by atoms with E-state index >= 15 is 0 Å². The maximum atomic E-state index is 13.0. The molecule has 2 heterocycles. The number of sulfonamides is 1. The van der Waals surface area contributed by atoms with Crippen LogP contribution in [0.25, 0.3) is 0 Å². The van der Waals surface area contributed by atoms with Crippen LogP contribution in [0.15, 0.2) is 27.5 Å². The van der Waals surface area contributed by atoms with Gasteiger partial charge in [-0.25, -0.2) is 13.4 Å². The van der Waals surface area contributed by atoms with Gasteiger partial charge in [0.1, 0.15) is 5.76 Å². The molecule has 26 heavy (non-hydrogen) atoms. The molecule has 0 saturated carbocycles. The van der Waals surface area contributed by atoms with Crippen molar-refractivity contribution in [2.45, 2.75) is 44.0 Å². The molecular weight excluding hydrogens is 356 g/mol. The minimum atomic E-state index is -3.67. The number of oxazole rings is 1. The largest absolute Gasteiger partial charge is 0.493 e. The summed E-state index contributed by atoms with van der Waals surface area (Å²) in [4.78, 5) is 4.69. The molecule has 0 bridgehead atoms. The van der Waals surface area contributed by atoms with E-state index in [4.69, 9.17) is 13.9 Å². The average Bonchev–Trinajstić information content (AvgIpc) is 3.04. The summed E-state index contributed by atoms with van der Waals surface area (Å²) in [7, 11) is -0.686. The van der Waals surface area contributed by atoms with Crippen LogP contribution in [0.1, 0.15) is 38.1 Å². The molecule has 8 heteroatoms. The Labute approximate surface area is 154 Å². The van der Waals surface area contributed by atoms with Gasteiger partial charge in [-0.2, -0.15) is 4.31 Å². The van der Waals surface area contributed by atoms with Crippen LogP contribution < -0.4 is 9.47 Å². The van der Waals surface area contributed by atoms with E-state index in [9.17, 15) is 8.42 Å². The molecule has 0 aliphatic carbocycles. The maximum absolute atomic E-state index is 13.0. The molecule has 2 aromatic rings. The third-order valence-electron chi connectivity index (χ3n) is 4.33. The Morgan fingerprint density at radius 3 is 2.46 bits per heavy atom. The molecule has 1 aromatic heterocycles. The van der Waals surface area contributed by atoms with Crippen LogP contribution in [0.4, 0.5) is 0 Å².